The predicted molar refractivity (Wildman–Crippen MR) is 51.8 cm³/mol. The van der Waals surface area contributed by atoms with E-state index in [2.05, 4.69) is 0 Å². The van der Waals surface area contributed by atoms with Gasteiger partial charge in [0.25, 0.3) is 0 Å². The Kier molecular flexibility index (Phi) is 11.8. The van der Waals surface area contributed by atoms with Crippen molar-refractivity contribution < 1.29 is 31.3 Å². The second-order valence-corrected chi connectivity index (χ2v) is 3.05. The van der Waals surface area contributed by atoms with Crippen LogP contribution in [0.1, 0.15) is 20.8 Å². The molecule has 13 heavy (non-hydrogen) atoms. The maximum atomic E-state index is 5.30. The first-order valence-corrected chi connectivity index (χ1v) is 5.35. The average Bonchev–Trinajstić information content (AvgIpc) is 2.04. The van der Waals surface area contributed by atoms with Crippen LogP contribution < -0.4 is 0 Å². The molecule has 0 heterocycles. The van der Waals surface area contributed by atoms with E-state index in [0.29, 0.717) is 25.8 Å². The van der Waals surface area contributed by atoms with E-state index in [0.717, 1.165) is 15.6 Å². The molecule has 0 fully saturated rings. The molecule has 0 aromatic rings. The first-order chi connectivity index (χ1) is 5.76. The van der Waals surface area contributed by atoms with Gasteiger partial charge in [0.15, 0.2) is 0 Å². The van der Waals surface area contributed by atoms with E-state index in [-0.39, 0.29) is 17.1 Å². The van der Waals surface area contributed by atoms with E-state index >= 15 is 0 Å². The second-order valence-electron chi connectivity index (χ2n) is 2.14. The van der Waals surface area contributed by atoms with Gasteiger partial charge in [0.1, 0.15) is 5.38 Å². The number of hydrogen-bond acceptors (Lipinski definition) is 3. The molecule has 1 radical (unpaired) electrons. The van der Waals surface area contributed by atoms with Crippen molar-refractivity contribution in [3.05, 3.63) is 11.3 Å². The van der Waals surface area contributed by atoms with Crippen LogP contribution in [0.5, 0.6) is 0 Å². The van der Waals surface area contributed by atoms with Crippen molar-refractivity contribution in [1.29, 1.82) is 0 Å². The summed E-state index contributed by atoms with van der Waals surface area (Å²) in [5.74, 6) is 0.563. The number of ether oxygens (including phenoxy) is 3. The summed E-state index contributed by atoms with van der Waals surface area (Å²) in [5.41, 5.74) is 0. The minimum atomic E-state index is 0. The van der Waals surface area contributed by atoms with Gasteiger partial charge in [-0.05, 0) is 20.8 Å². The molecule has 0 spiro atoms. The summed E-state index contributed by atoms with van der Waals surface area (Å²) in [4.78, 5) is 0. The van der Waals surface area contributed by atoms with Crippen LogP contribution in [0.2, 0.25) is 0 Å². The van der Waals surface area contributed by atoms with Crippen molar-refractivity contribution >= 4 is 10.2 Å². The Bertz CT molecular complexity index is 142. The van der Waals surface area contributed by atoms with Gasteiger partial charge >= 0.3 is 5.95 Å². The first kappa shape index (κ1) is 15.4. The van der Waals surface area contributed by atoms with E-state index in [4.69, 9.17) is 14.2 Å². The minimum absolute atomic E-state index is 0. The van der Waals surface area contributed by atoms with Gasteiger partial charge in [-0.15, -0.1) is 0 Å². The fourth-order valence-electron chi connectivity index (χ4n) is 0.783. The van der Waals surface area contributed by atoms with E-state index in [1.54, 1.807) is 0 Å². The Morgan fingerprint density at radius 3 is 1.62 bits per heavy atom. The Hall–Kier alpha value is -0.124. The Morgan fingerprint density at radius 1 is 0.923 bits per heavy atom. The van der Waals surface area contributed by atoms with E-state index in [1.807, 2.05) is 20.8 Å². The summed E-state index contributed by atoms with van der Waals surface area (Å²) in [5, 5.41) is 0.848. The van der Waals surface area contributed by atoms with Crippen molar-refractivity contribution in [2.45, 2.75) is 20.8 Å². The largest absolute Gasteiger partial charge is 0.497 e. The summed E-state index contributed by atoms with van der Waals surface area (Å²) in [6.45, 7) is 7.72. The van der Waals surface area contributed by atoms with Gasteiger partial charge < -0.3 is 14.2 Å². The molecule has 0 saturated heterocycles. The van der Waals surface area contributed by atoms with Crippen LogP contribution in [0.4, 0.5) is 0 Å². The molecule has 0 N–H and O–H groups in total. The fourth-order valence-corrected chi connectivity index (χ4v) is 1.36. The summed E-state index contributed by atoms with van der Waals surface area (Å²) in [7, 11) is 0.818. The molecular weight excluding hydrogens is 236 g/mol. The molecule has 0 aromatic heterocycles. The SMILES string of the molecule is CCOC([SiH3])=C(OCC)OCC.[Cu]. The van der Waals surface area contributed by atoms with Gasteiger partial charge in [-0.2, -0.15) is 0 Å². The van der Waals surface area contributed by atoms with E-state index in [9.17, 15) is 0 Å². The summed E-state index contributed by atoms with van der Waals surface area (Å²) in [6.07, 6.45) is 0. The minimum Gasteiger partial charge on any atom is -0.497 e. The van der Waals surface area contributed by atoms with Gasteiger partial charge in [-0.25, -0.2) is 0 Å². The first-order valence-electron chi connectivity index (χ1n) is 4.35. The molecule has 0 aliphatic carbocycles. The second kappa shape index (κ2) is 9.96. The molecule has 83 valence electrons. The van der Waals surface area contributed by atoms with Crippen LogP contribution >= 0.6 is 0 Å². The Morgan fingerprint density at radius 2 is 1.31 bits per heavy atom. The smallest absolute Gasteiger partial charge is 0.312 e. The molecule has 0 atom stereocenters. The van der Waals surface area contributed by atoms with Crippen LogP contribution in [0.3, 0.4) is 0 Å². The maximum absolute atomic E-state index is 5.30. The maximum Gasteiger partial charge on any atom is 0.312 e. The molecule has 0 aliphatic heterocycles. The monoisotopic (exact) mass is 253 g/mol. The van der Waals surface area contributed by atoms with Crippen molar-refractivity contribution in [2.75, 3.05) is 19.8 Å². The van der Waals surface area contributed by atoms with Crippen LogP contribution in [0, 0.1) is 0 Å². The quantitative estimate of drug-likeness (QED) is 0.512. The Balaban J connectivity index is 0. The summed E-state index contributed by atoms with van der Waals surface area (Å²) in [6, 6.07) is 0. The van der Waals surface area contributed by atoms with Crippen molar-refractivity contribution in [2.24, 2.45) is 0 Å². The molecule has 0 aliphatic rings. The predicted octanol–water partition coefficient (Wildman–Crippen LogP) is 0.585. The summed E-state index contributed by atoms with van der Waals surface area (Å²) < 4.78 is 15.8. The third kappa shape index (κ3) is 6.99. The van der Waals surface area contributed by atoms with Crippen molar-refractivity contribution in [3.63, 3.8) is 0 Å². The van der Waals surface area contributed by atoms with Gasteiger partial charge in [-0.1, -0.05) is 0 Å². The fraction of sp³-hybridized carbons (Fsp3) is 0.750. The molecule has 3 nitrogen and oxygen atoms in total. The molecule has 0 saturated carbocycles. The normalized spacial score (nSPS) is 8.54. The third-order valence-electron chi connectivity index (χ3n) is 1.20. The zero-order valence-electron chi connectivity index (χ0n) is 8.65. The molecular formula is C8H18CuO3Si. The van der Waals surface area contributed by atoms with Gasteiger partial charge in [0.05, 0.1) is 30.1 Å². The third-order valence-corrected chi connectivity index (χ3v) is 1.90. The van der Waals surface area contributed by atoms with E-state index in [1.165, 1.54) is 0 Å². The van der Waals surface area contributed by atoms with E-state index < -0.39 is 0 Å². The zero-order valence-corrected chi connectivity index (χ0v) is 11.6. The molecule has 0 rings (SSSR count). The van der Waals surface area contributed by atoms with Crippen molar-refractivity contribution in [3.8, 4) is 0 Å². The van der Waals surface area contributed by atoms with Crippen LogP contribution in [0.25, 0.3) is 0 Å². The van der Waals surface area contributed by atoms with Crippen molar-refractivity contribution in [1.82, 2.24) is 0 Å². The van der Waals surface area contributed by atoms with Gasteiger partial charge in [0.2, 0.25) is 0 Å². The van der Waals surface area contributed by atoms with Crippen LogP contribution in [-0.2, 0) is 31.3 Å². The standard InChI is InChI=1S/C8H18O3Si.Cu/c1-4-9-7(10-5-2)8(12)11-6-3;/h4-6H2,1-3,12H3;. The molecule has 0 aromatic carbocycles. The molecule has 5 heteroatoms. The van der Waals surface area contributed by atoms with Gasteiger partial charge in [-0.3, -0.25) is 0 Å². The number of hydrogen-bond donors (Lipinski definition) is 0. The topological polar surface area (TPSA) is 27.7 Å². The number of rotatable bonds is 6. The van der Waals surface area contributed by atoms with Crippen LogP contribution in [-0.4, -0.2) is 30.1 Å². The zero-order chi connectivity index (χ0) is 9.40. The molecule has 0 bridgehead atoms. The summed E-state index contributed by atoms with van der Waals surface area (Å²) >= 11 is 0. The van der Waals surface area contributed by atoms with Gasteiger partial charge in [0, 0.05) is 17.1 Å². The Labute approximate surface area is 93.7 Å². The van der Waals surface area contributed by atoms with Crippen LogP contribution in [0.15, 0.2) is 11.3 Å². The molecule has 0 unspecified atom stereocenters. The average molecular weight is 254 g/mol. The molecule has 0 amide bonds.